The van der Waals surface area contributed by atoms with Gasteiger partial charge >= 0.3 is 0 Å². The highest BCUT2D eigenvalue weighted by Gasteiger charge is 2.43. The van der Waals surface area contributed by atoms with Crippen molar-refractivity contribution in [2.45, 2.75) is 51.2 Å². The normalized spacial score (nSPS) is 30.3. The monoisotopic (exact) mass is 259 g/mol. The fourth-order valence-corrected chi connectivity index (χ4v) is 2.87. The molecule has 2 saturated carbocycles. The lowest BCUT2D eigenvalue weighted by atomic mass is 9.78. The Labute approximate surface area is 114 Å². The molecule has 19 heavy (non-hydrogen) atoms. The first-order chi connectivity index (χ1) is 9.09. The Balaban J connectivity index is 1.75. The van der Waals surface area contributed by atoms with Crippen LogP contribution in [0, 0.1) is 5.41 Å². The minimum absolute atomic E-state index is 0.0117. The first-order valence-corrected chi connectivity index (χ1v) is 7.17. The third-order valence-electron chi connectivity index (χ3n) is 4.49. The molecule has 2 aliphatic rings. The Kier molecular flexibility index (Phi) is 3.09. The molecule has 0 saturated heterocycles. The molecule has 2 N–H and O–H groups in total. The summed E-state index contributed by atoms with van der Waals surface area (Å²) >= 11 is 0. The van der Waals surface area contributed by atoms with E-state index in [1.165, 1.54) is 0 Å². The number of ether oxygens (including phenoxy) is 1. The predicted molar refractivity (Wildman–Crippen MR) is 74.4 cm³/mol. The molecule has 2 fully saturated rings. The van der Waals surface area contributed by atoms with Gasteiger partial charge in [-0.05, 0) is 49.9 Å². The molecule has 0 aromatic heterocycles. The molecule has 1 aromatic rings. The second-order valence-corrected chi connectivity index (χ2v) is 6.09. The van der Waals surface area contributed by atoms with Gasteiger partial charge in [-0.3, -0.25) is 4.79 Å². The number of carbonyl (C=O) groups excluding carboxylic acids is 1. The highest BCUT2D eigenvalue weighted by Crippen LogP contribution is 2.39. The van der Waals surface area contributed by atoms with Gasteiger partial charge in [-0.15, -0.1) is 0 Å². The fraction of sp³-hybridized carbons (Fsp3) is 0.562. The molecule has 0 radical (unpaired) electrons. The van der Waals surface area contributed by atoms with Crippen molar-refractivity contribution in [2.24, 2.45) is 11.1 Å². The van der Waals surface area contributed by atoms with E-state index in [0.29, 0.717) is 6.10 Å². The van der Waals surface area contributed by atoms with E-state index in [2.05, 4.69) is 0 Å². The Hall–Kier alpha value is -1.35. The lowest BCUT2D eigenvalue weighted by Crippen LogP contribution is -2.41. The standard InChI is InChI=1S/C16H21NO2/c1-16(10-2-3-14(16)17)15(18)11-4-6-12(7-5-11)19-13-8-9-13/h4-7,13-14H,2-3,8-10,17H2,1H3. The van der Waals surface area contributed by atoms with Gasteiger partial charge in [0, 0.05) is 17.0 Å². The van der Waals surface area contributed by atoms with Crippen LogP contribution in [-0.2, 0) is 0 Å². The van der Waals surface area contributed by atoms with Gasteiger partial charge in [0.2, 0.25) is 0 Å². The van der Waals surface area contributed by atoms with Crippen LogP contribution in [0.1, 0.15) is 49.4 Å². The average molecular weight is 259 g/mol. The van der Waals surface area contributed by atoms with Crippen molar-refractivity contribution in [1.29, 1.82) is 0 Å². The van der Waals surface area contributed by atoms with Crippen LogP contribution in [0.4, 0.5) is 0 Å². The van der Waals surface area contributed by atoms with Crippen LogP contribution < -0.4 is 10.5 Å². The van der Waals surface area contributed by atoms with Gasteiger partial charge in [0.05, 0.1) is 6.10 Å². The number of benzene rings is 1. The number of rotatable bonds is 4. The van der Waals surface area contributed by atoms with Gasteiger partial charge in [0.15, 0.2) is 5.78 Å². The molecular weight excluding hydrogens is 238 g/mol. The van der Waals surface area contributed by atoms with Gasteiger partial charge in [0.1, 0.15) is 5.75 Å². The van der Waals surface area contributed by atoms with Gasteiger partial charge in [-0.2, -0.15) is 0 Å². The third kappa shape index (κ3) is 2.39. The number of nitrogens with two attached hydrogens (primary N) is 1. The molecule has 102 valence electrons. The Bertz CT molecular complexity index is 478. The number of hydrogen-bond acceptors (Lipinski definition) is 3. The molecule has 2 unspecified atom stereocenters. The summed E-state index contributed by atoms with van der Waals surface area (Å²) in [5.41, 5.74) is 6.47. The minimum Gasteiger partial charge on any atom is -0.490 e. The Morgan fingerprint density at radius 1 is 1.26 bits per heavy atom. The lowest BCUT2D eigenvalue weighted by Gasteiger charge is -2.27. The van der Waals surface area contributed by atoms with Crippen LogP contribution in [-0.4, -0.2) is 17.9 Å². The third-order valence-corrected chi connectivity index (χ3v) is 4.49. The van der Waals surface area contributed by atoms with Crippen LogP contribution in [0.3, 0.4) is 0 Å². The van der Waals surface area contributed by atoms with Crippen molar-refractivity contribution >= 4 is 5.78 Å². The largest absolute Gasteiger partial charge is 0.490 e. The summed E-state index contributed by atoms with van der Waals surface area (Å²) in [6, 6.07) is 7.53. The smallest absolute Gasteiger partial charge is 0.170 e. The van der Waals surface area contributed by atoms with E-state index in [1.807, 2.05) is 31.2 Å². The van der Waals surface area contributed by atoms with Crippen molar-refractivity contribution in [3.63, 3.8) is 0 Å². The zero-order chi connectivity index (χ0) is 13.5. The van der Waals surface area contributed by atoms with E-state index in [-0.39, 0.29) is 11.8 Å². The lowest BCUT2D eigenvalue weighted by molar-refractivity contribution is 0.0802. The van der Waals surface area contributed by atoms with E-state index < -0.39 is 5.41 Å². The van der Waals surface area contributed by atoms with Gasteiger partial charge < -0.3 is 10.5 Å². The van der Waals surface area contributed by atoms with E-state index >= 15 is 0 Å². The number of ketones is 1. The van der Waals surface area contributed by atoms with Crippen LogP contribution in [0.2, 0.25) is 0 Å². The summed E-state index contributed by atoms with van der Waals surface area (Å²) in [5, 5.41) is 0. The first kappa shape index (κ1) is 12.7. The maximum absolute atomic E-state index is 12.6. The summed E-state index contributed by atoms with van der Waals surface area (Å²) in [4.78, 5) is 12.6. The van der Waals surface area contributed by atoms with E-state index in [1.54, 1.807) is 0 Å². The topological polar surface area (TPSA) is 52.3 Å². The van der Waals surface area contributed by atoms with Crippen LogP contribution in [0.5, 0.6) is 5.75 Å². The SMILES string of the molecule is CC1(C(=O)c2ccc(OC3CC3)cc2)CCCC1N. The molecule has 0 amide bonds. The van der Waals surface area contributed by atoms with Gasteiger partial charge in [-0.25, -0.2) is 0 Å². The maximum Gasteiger partial charge on any atom is 0.170 e. The molecule has 3 nitrogen and oxygen atoms in total. The molecular formula is C16H21NO2. The molecule has 0 heterocycles. The van der Waals surface area contributed by atoms with Crippen LogP contribution in [0.15, 0.2) is 24.3 Å². The summed E-state index contributed by atoms with van der Waals surface area (Å²) < 4.78 is 5.70. The zero-order valence-corrected chi connectivity index (χ0v) is 11.4. The molecule has 1 aromatic carbocycles. The average Bonchev–Trinajstić information content (AvgIpc) is 3.16. The molecule has 3 rings (SSSR count). The number of Topliss-reactive ketones (excluding diaryl/α,β-unsaturated/α-hetero) is 1. The van der Waals surface area contributed by atoms with Crippen LogP contribution in [0.25, 0.3) is 0 Å². The molecule has 0 spiro atoms. The summed E-state index contributed by atoms with van der Waals surface area (Å²) in [6.45, 7) is 2.00. The molecule has 2 atom stereocenters. The summed E-state index contributed by atoms with van der Waals surface area (Å²) in [6.07, 6.45) is 5.58. The van der Waals surface area contributed by atoms with Crippen molar-refractivity contribution in [3.05, 3.63) is 29.8 Å². The number of hydrogen-bond donors (Lipinski definition) is 1. The molecule has 3 heteroatoms. The zero-order valence-electron chi connectivity index (χ0n) is 11.4. The van der Waals surface area contributed by atoms with Crippen molar-refractivity contribution < 1.29 is 9.53 Å². The fourth-order valence-electron chi connectivity index (χ4n) is 2.87. The first-order valence-electron chi connectivity index (χ1n) is 7.17. The highest BCUT2D eigenvalue weighted by atomic mass is 16.5. The van der Waals surface area contributed by atoms with Crippen molar-refractivity contribution in [2.75, 3.05) is 0 Å². The van der Waals surface area contributed by atoms with Gasteiger partial charge in [0.25, 0.3) is 0 Å². The second kappa shape index (κ2) is 4.64. The molecule has 0 aliphatic heterocycles. The van der Waals surface area contributed by atoms with Crippen molar-refractivity contribution in [3.8, 4) is 5.75 Å². The van der Waals surface area contributed by atoms with Gasteiger partial charge in [-0.1, -0.05) is 13.3 Å². The quantitative estimate of drug-likeness (QED) is 0.846. The summed E-state index contributed by atoms with van der Waals surface area (Å²) in [5.74, 6) is 1.04. The van der Waals surface area contributed by atoms with Crippen LogP contribution >= 0.6 is 0 Å². The summed E-state index contributed by atoms with van der Waals surface area (Å²) in [7, 11) is 0. The Morgan fingerprint density at radius 3 is 2.47 bits per heavy atom. The second-order valence-electron chi connectivity index (χ2n) is 6.09. The number of carbonyl (C=O) groups is 1. The molecule has 0 bridgehead atoms. The molecule has 2 aliphatic carbocycles. The Morgan fingerprint density at radius 2 is 1.95 bits per heavy atom. The maximum atomic E-state index is 12.6. The van der Waals surface area contributed by atoms with E-state index in [0.717, 1.165) is 43.4 Å². The predicted octanol–water partition coefficient (Wildman–Crippen LogP) is 2.93. The van der Waals surface area contributed by atoms with E-state index in [9.17, 15) is 4.79 Å². The highest BCUT2D eigenvalue weighted by molar-refractivity contribution is 6.01. The minimum atomic E-state index is -0.390. The van der Waals surface area contributed by atoms with E-state index in [4.69, 9.17) is 10.5 Å². The van der Waals surface area contributed by atoms with Crippen molar-refractivity contribution in [1.82, 2.24) is 0 Å².